The van der Waals surface area contributed by atoms with Gasteiger partial charge >= 0.3 is 0 Å². The van der Waals surface area contributed by atoms with Crippen molar-refractivity contribution in [3.05, 3.63) is 0 Å². The van der Waals surface area contributed by atoms with Crippen molar-refractivity contribution in [3.63, 3.8) is 0 Å². The third-order valence-electron chi connectivity index (χ3n) is 2.50. The Labute approximate surface area is 89.2 Å². The van der Waals surface area contributed by atoms with E-state index in [9.17, 15) is 0 Å². The Hall–Kier alpha value is 0.650. The van der Waals surface area contributed by atoms with E-state index < -0.39 is 0 Å². The Morgan fingerprint density at radius 3 is 2.67 bits per heavy atom. The first-order chi connectivity index (χ1) is 5.55. The van der Waals surface area contributed by atoms with Gasteiger partial charge in [0, 0.05) is 25.7 Å². The van der Waals surface area contributed by atoms with Crippen LogP contribution in [0.15, 0.2) is 0 Å². The number of hydrogen-bond donors (Lipinski definition) is 1. The third kappa shape index (κ3) is 2.57. The van der Waals surface area contributed by atoms with Gasteiger partial charge in [0.05, 0.1) is 3.55 Å². The monoisotopic (exact) mass is 282 g/mol. The zero-order chi connectivity index (χ0) is 9.19. The molecule has 1 N–H and O–H groups in total. The zero-order valence-corrected chi connectivity index (χ0v) is 10.4. The van der Waals surface area contributed by atoms with Gasteiger partial charge in [0.25, 0.3) is 0 Å². The van der Waals surface area contributed by atoms with Crippen molar-refractivity contribution in [2.75, 3.05) is 19.6 Å². The molecule has 0 bridgehead atoms. The Kier molecular flexibility index (Phi) is 3.79. The lowest BCUT2D eigenvalue weighted by Gasteiger charge is -2.43. The molecule has 0 saturated carbocycles. The van der Waals surface area contributed by atoms with E-state index in [1.165, 1.54) is 13.0 Å². The number of halogens is 1. The van der Waals surface area contributed by atoms with Crippen molar-refractivity contribution in [1.29, 1.82) is 0 Å². The maximum atomic E-state index is 3.44. The molecule has 1 aliphatic rings. The van der Waals surface area contributed by atoms with Crippen molar-refractivity contribution >= 4 is 22.6 Å². The van der Waals surface area contributed by atoms with Crippen molar-refractivity contribution in [3.8, 4) is 0 Å². The van der Waals surface area contributed by atoms with E-state index in [4.69, 9.17) is 0 Å². The second-order valence-corrected chi connectivity index (χ2v) is 6.51. The van der Waals surface area contributed by atoms with Gasteiger partial charge in [0.1, 0.15) is 0 Å². The minimum atomic E-state index is 0.306. The van der Waals surface area contributed by atoms with Gasteiger partial charge in [-0.15, -0.1) is 0 Å². The van der Waals surface area contributed by atoms with Crippen LogP contribution < -0.4 is 5.32 Å². The highest BCUT2D eigenvalue weighted by atomic mass is 127. The molecule has 0 radical (unpaired) electrons. The summed E-state index contributed by atoms with van der Waals surface area (Å²) in [6.07, 6.45) is 1.25. The van der Waals surface area contributed by atoms with Gasteiger partial charge in [0.15, 0.2) is 0 Å². The molecular formula is C9H19IN2. The lowest BCUT2D eigenvalue weighted by Crippen LogP contribution is -2.56. The fraction of sp³-hybridized carbons (Fsp3) is 1.00. The van der Waals surface area contributed by atoms with E-state index in [2.05, 4.69) is 53.6 Å². The summed E-state index contributed by atoms with van der Waals surface area (Å²) < 4.78 is 0.306. The number of hydrogen-bond acceptors (Lipinski definition) is 2. The molecule has 12 heavy (non-hydrogen) atoms. The van der Waals surface area contributed by atoms with E-state index in [-0.39, 0.29) is 0 Å². The quantitative estimate of drug-likeness (QED) is 0.472. The van der Waals surface area contributed by atoms with Crippen molar-refractivity contribution in [2.45, 2.75) is 36.8 Å². The van der Waals surface area contributed by atoms with Gasteiger partial charge in [-0.1, -0.05) is 29.5 Å². The Morgan fingerprint density at radius 2 is 2.25 bits per heavy atom. The molecule has 0 amide bonds. The van der Waals surface area contributed by atoms with Gasteiger partial charge in [-0.05, 0) is 20.3 Å². The standard InChI is InChI=1S/C9H19IN2/c1-4-8-7-11-5-6-12(8)9(2,3)10/h8,11H,4-7H2,1-3H3. The number of rotatable bonds is 2. The van der Waals surface area contributed by atoms with E-state index in [0.29, 0.717) is 3.55 Å². The van der Waals surface area contributed by atoms with E-state index >= 15 is 0 Å². The highest BCUT2D eigenvalue weighted by molar-refractivity contribution is 14.1. The fourth-order valence-corrected chi connectivity index (χ4v) is 2.46. The van der Waals surface area contributed by atoms with Crippen LogP contribution in [0, 0.1) is 0 Å². The van der Waals surface area contributed by atoms with E-state index in [1.54, 1.807) is 0 Å². The lowest BCUT2D eigenvalue weighted by atomic mass is 10.1. The summed E-state index contributed by atoms with van der Waals surface area (Å²) in [5, 5.41) is 3.44. The first-order valence-electron chi connectivity index (χ1n) is 4.72. The molecule has 1 fully saturated rings. The van der Waals surface area contributed by atoms with Gasteiger partial charge in [0.2, 0.25) is 0 Å². The highest BCUT2D eigenvalue weighted by Crippen LogP contribution is 2.26. The van der Waals surface area contributed by atoms with Crippen molar-refractivity contribution < 1.29 is 0 Å². The molecular weight excluding hydrogens is 263 g/mol. The zero-order valence-electron chi connectivity index (χ0n) is 8.23. The maximum Gasteiger partial charge on any atom is 0.0676 e. The lowest BCUT2D eigenvalue weighted by molar-refractivity contribution is 0.111. The fourth-order valence-electron chi connectivity index (χ4n) is 1.83. The molecule has 2 nitrogen and oxygen atoms in total. The predicted octanol–water partition coefficient (Wildman–Crippen LogP) is 1.84. The summed E-state index contributed by atoms with van der Waals surface area (Å²) >= 11 is 2.53. The van der Waals surface area contributed by atoms with Crippen molar-refractivity contribution in [1.82, 2.24) is 10.2 Å². The molecule has 1 aliphatic heterocycles. The number of piperazine rings is 1. The average molecular weight is 282 g/mol. The van der Waals surface area contributed by atoms with Crippen LogP contribution in [0.25, 0.3) is 0 Å². The minimum absolute atomic E-state index is 0.306. The minimum Gasteiger partial charge on any atom is -0.314 e. The number of alkyl halides is 1. The average Bonchev–Trinajstić information content (AvgIpc) is 2.03. The molecule has 1 saturated heterocycles. The second-order valence-electron chi connectivity index (χ2n) is 3.87. The van der Waals surface area contributed by atoms with Crippen LogP contribution in [0.4, 0.5) is 0 Å². The molecule has 1 rings (SSSR count). The Morgan fingerprint density at radius 1 is 1.58 bits per heavy atom. The summed E-state index contributed by atoms with van der Waals surface area (Å²) in [7, 11) is 0. The smallest absolute Gasteiger partial charge is 0.0676 e. The van der Waals surface area contributed by atoms with Crippen LogP contribution in [-0.4, -0.2) is 34.1 Å². The van der Waals surface area contributed by atoms with Crippen molar-refractivity contribution in [2.24, 2.45) is 0 Å². The van der Waals surface area contributed by atoms with Crippen LogP contribution in [0.5, 0.6) is 0 Å². The third-order valence-corrected chi connectivity index (χ3v) is 3.12. The molecule has 3 heteroatoms. The molecule has 1 unspecified atom stereocenters. The van der Waals surface area contributed by atoms with Crippen LogP contribution in [0.2, 0.25) is 0 Å². The van der Waals surface area contributed by atoms with E-state index in [0.717, 1.165) is 19.1 Å². The van der Waals surface area contributed by atoms with Gasteiger partial charge in [-0.2, -0.15) is 0 Å². The summed E-state index contributed by atoms with van der Waals surface area (Å²) in [5.74, 6) is 0. The molecule has 1 atom stereocenters. The van der Waals surface area contributed by atoms with Crippen LogP contribution >= 0.6 is 22.6 Å². The maximum absolute atomic E-state index is 3.44. The molecule has 0 aromatic rings. The van der Waals surface area contributed by atoms with Crippen LogP contribution in [0.1, 0.15) is 27.2 Å². The first-order valence-corrected chi connectivity index (χ1v) is 5.80. The molecule has 0 aromatic heterocycles. The van der Waals surface area contributed by atoms with Crippen LogP contribution in [0.3, 0.4) is 0 Å². The molecule has 0 spiro atoms. The largest absolute Gasteiger partial charge is 0.314 e. The Balaban J connectivity index is 2.59. The topological polar surface area (TPSA) is 15.3 Å². The van der Waals surface area contributed by atoms with Gasteiger partial charge in [-0.3, -0.25) is 4.90 Å². The molecule has 1 heterocycles. The number of nitrogens with one attached hydrogen (secondary N) is 1. The van der Waals surface area contributed by atoms with E-state index in [1.807, 2.05) is 0 Å². The normalized spacial score (nSPS) is 27.5. The number of nitrogens with zero attached hydrogens (tertiary/aromatic N) is 1. The predicted molar refractivity (Wildman–Crippen MR) is 61.8 cm³/mol. The Bertz CT molecular complexity index is 142. The summed E-state index contributed by atoms with van der Waals surface area (Å²) in [6.45, 7) is 10.3. The van der Waals surface area contributed by atoms with Gasteiger partial charge < -0.3 is 5.32 Å². The summed E-state index contributed by atoms with van der Waals surface area (Å²) in [6, 6.07) is 0.727. The van der Waals surface area contributed by atoms with Crippen LogP contribution in [-0.2, 0) is 0 Å². The summed E-state index contributed by atoms with van der Waals surface area (Å²) in [4.78, 5) is 2.60. The molecule has 0 aliphatic carbocycles. The second kappa shape index (κ2) is 4.24. The molecule has 0 aromatic carbocycles. The molecule has 72 valence electrons. The highest BCUT2D eigenvalue weighted by Gasteiger charge is 2.30. The SMILES string of the molecule is CCC1CNCCN1C(C)(C)I. The van der Waals surface area contributed by atoms with Gasteiger partial charge in [-0.25, -0.2) is 0 Å². The summed E-state index contributed by atoms with van der Waals surface area (Å²) in [5.41, 5.74) is 0. The first kappa shape index (κ1) is 10.7.